The molecule has 1 aliphatic carbocycles. The molecule has 1 aromatic rings. The number of carbonyl (C=O) groups is 1. The van der Waals surface area contributed by atoms with Gasteiger partial charge in [-0.25, -0.2) is 4.39 Å². The van der Waals surface area contributed by atoms with Gasteiger partial charge in [0.25, 0.3) is 0 Å². The Hall–Kier alpha value is -1.58. The maximum Gasteiger partial charge on any atom is 0.223 e. The van der Waals surface area contributed by atoms with Gasteiger partial charge in [-0.2, -0.15) is 0 Å². The number of benzene rings is 1. The largest absolute Gasteiger partial charge is 0.369 e. The van der Waals surface area contributed by atoms with Gasteiger partial charge in [0.1, 0.15) is 5.82 Å². The Morgan fingerprint density at radius 2 is 2.10 bits per heavy atom. The predicted molar refractivity (Wildman–Crippen MR) is 77.1 cm³/mol. The van der Waals surface area contributed by atoms with Crippen LogP contribution in [0.1, 0.15) is 32.1 Å². The fourth-order valence-corrected chi connectivity index (χ4v) is 2.99. The summed E-state index contributed by atoms with van der Waals surface area (Å²) in [5.41, 5.74) is 0.910. The van der Waals surface area contributed by atoms with E-state index >= 15 is 0 Å². The van der Waals surface area contributed by atoms with Crippen molar-refractivity contribution in [3.05, 3.63) is 30.1 Å². The third-order valence-corrected chi connectivity index (χ3v) is 4.42. The van der Waals surface area contributed by atoms with Gasteiger partial charge in [0, 0.05) is 30.7 Å². The molecule has 2 fully saturated rings. The summed E-state index contributed by atoms with van der Waals surface area (Å²) in [5.74, 6) is 0.241. The molecule has 108 valence electrons. The fraction of sp³-hybridized carbons (Fsp3) is 0.562. The number of nitrogens with one attached hydrogen (secondary N) is 1. The number of hydrogen-bond donors (Lipinski definition) is 1. The topological polar surface area (TPSA) is 32.3 Å². The number of piperidine rings is 1. The number of halogens is 1. The fourth-order valence-electron chi connectivity index (χ4n) is 2.99. The maximum absolute atomic E-state index is 13.3. The molecule has 1 atom stereocenters. The summed E-state index contributed by atoms with van der Waals surface area (Å²) >= 11 is 0. The van der Waals surface area contributed by atoms with E-state index in [1.165, 1.54) is 12.5 Å². The normalized spacial score (nSPS) is 23.2. The van der Waals surface area contributed by atoms with Crippen LogP contribution in [-0.4, -0.2) is 25.0 Å². The first-order chi connectivity index (χ1) is 9.72. The first kappa shape index (κ1) is 13.4. The highest BCUT2D eigenvalue weighted by Crippen LogP contribution is 2.27. The van der Waals surface area contributed by atoms with Crippen molar-refractivity contribution in [1.29, 1.82) is 0 Å². The van der Waals surface area contributed by atoms with E-state index in [4.69, 9.17) is 0 Å². The first-order valence-electron chi connectivity index (χ1n) is 7.53. The summed E-state index contributed by atoms with van der Waals surface area (Å²) in [6.07, 6.45) is 5.30. The molecule has 2 aliphatic rings. The molecule has 1 N–H and O–H groups in total. The van der Waals surface area contributed by atoms with Crippen LogP contribution in [0.2, 0.25) is 0 Å². The van der Waals surface area contributed by atoms with Crippen molar-refractivity contribution in [2.45, 2.75) is 38.1 Å². The molecule has 1 saturated heterocycles. The molecule has 0 bridgehead atoms. The number of carbonyl (C=O) groups excluding carboxylic acids is 1. The van der Waals surface area contributed by atoms with Crippen LogP contribution < -0.4 is 10.2 Å². The van der Waals surface area contributed by atoms with Crippen LogP contribution in [0.4, 0.5) is 10.1 Å². The van der Waals surface area contributed by atoms with Crippen LogP contribution in [0, 0.1) is 11.7 Å². The Morgan fingerprint density at radius 1 is 1.25 bits per heavy atom. The average molecular weight is 276 g/mol. The SMILES string of the molecule is O=C(NC1CCCN(c2cccc(F)c2)C1)C1CCC1. The van der Waals surface area contributed by atoms with Gasteiger partial charge in [-0.1, -0.05) is 12.5 Å². The molecule has 1 aromatic carbocycles. The lowest BCUT2D eigenvalue weighted by molar-refractivity contribution is -0.128. The minimum Gasteiger partial charge on any atom is -0.369 e. The van der Waals surface area contributed by atoms with Gasteiger partial charge in [0.2, 0.25) is 5.91 Å². The molecule has 4 heteroatoms. The van der Waals surface area contributed by atoms with Crippen LogP contribution in [-0.2, 0) is 4.79 Å². The molecule has 0 aromatic heterocycles. The van der Waals surface area contributed by atoms with Crippen LogP contribution >= 0.6 is 0 Å². The second-order valence-corrected chi connectivity index (χ2v) is 5.90. The highest BCUT2D eigenvalue weighted by Gasteiger charge is 2.28. The van der Waals surface area contributed by atoms with Gasteiger partial charge in [-0.3, -0.25) is 4.79 Å². The van der Waals surface area contributed by atoms with E-state index in [2.05, 4.69) is 10.2 Å². The molecule has 3 nitrogen and oxygen atoms in total. The van der Waals surface area contributed by atoms with E-state index in [-0.39, 0.29) is 23.7 Å². The smallest absolute Gasteiger partial charge is 0.223 e. The molecular formula is C16H21FN2O. The van der Waals surface area contributed by atoms with Gasteiger partial charge in [-0.15, -0.1) is 0 Å². The van der Waals surface area contributed by atoms with Gasteiger partial charge in [0.05, 0.1) is 0 Å². The summed E-state index contributed by atoms with van der Waals surface area (Å²) < 4.78 is 13.3. The molecule has 0 radical (unpaired) electrons. The van der Waals surface area contributed by atoms with Crippen molar-refractivity contribution >= 4 is 11.6 Å². The van der Waals surface area contributed by atoms with E-state index in [1.54, 1.807) is 12.1 Å². The van der Waals surface area contributed by atoms with Crippen molar-refractivity contribution in [2.75, 3.05) is 18.0 Å². The molecule has 1 aliphatic heterocycles. The second kappa shape index (κ2) is 5.81. The minimum absolute atomic E-state index is 0.195. The molecule has 1 amide bonds. The van der Waals surface area contributed by atoms with Crippen molar-refractivity contribution < 1.29 is 9.18 Å². The zero-order chi connectivity index (χ0) is 13.9. The van der Waals surface area contributed by atoms with E-state index in [1.807, 2.05) is 6.07 Å². The molecule has 1 heterocycles. The average Bonchev–Trinajstić information content (AvgIpc) is 2.37. The second-order valence-electron chi connectivity index (χ2n) is 5.90. The third kappa shape index (κ3) is 2.94. The van der Waals surface area contributed by atoms with Crippen LogP contribution in [0.5, 0.6) is 0 Å². The Kier molecular flexibility index (Phi) is 3.90. The molecule has 3 rings (SSSR count). The van der Waals surface area contributed by atoms with Gasteiger partial charge >= 0.3 is 0 Å². The van der Waals surface area contributed by atoms with Crippen LogP contribution in [0.3, 0.4) is 0 Å². The Balaban J connectivity index is 1.60. The Labute approximate surface area is 119 Å². The zero-order valence-electron chi connectivity index (χ0n) is 11.6. The Bertz CT molecular complexity index is 487. The molecule has 1 saturated carbocycles. The van der Waals surface area contributed by atoms with Gasteiger partial charge in [-0.05, 0) is 43.9 Å². The van der Waals surface area contributed by atoms with E-state index in [0.717, 1.165) is 44.5 Å². The Morgan fingerprint density at radius 3 is 2.80 bits per heavy atom. The highest BCUT2D eigenvalue weighted by atomic mass is 19.1. The van der Waals surface area contributed by atoms with Crippen LogP contribution in [0.25, 0.3) is 0 Å². The minimum atomic E-state index is -0.205. The number of anilines is 1. The third-order valence-electron chi connectivity index (χ3n) is 4.42. The lowest BCUT2D eigenvalue weighted by atomic mass is 9.84. The van der Waals surface area contributed by atoms with Gasteiger partial charge < -0.3 is 10.2 Å². The zero-order valence-corrected chi connectivity index (χ0v) is 11.6. The monoisotopic (exact) mass is 276 g/mol. The molecule has 1 unspecified atom stereocenters. The first-order valence-corrected chi connectivity index (χ1v) is 7.53. The van der Waals surface area contributed by atoms with Crippen molar-refractivity contribution in [2.24, 2.45) is 5.92 Å². The van der Waals surface area contributed by atoms with Crippen LogP contribution in [0.15, 0.2) is 24.3 Å². The maximum atomic E-state index is 13.3. The summed E-state index contributed by atoms with van der Waals surface area (Å²) in [6, 6.07) is 6.89. The molecule has 20 heavy (non-hydrogen) atoms. The standard InChI is InChI=1S/C16H21FN2O/c17-13-6-2-8-15(10-13)19-9-3-7-14(11-19)18-16(20)12-4-1-5-12/h2,6,8,10,12,14H,1,3-5,7,9,11H2,(H,18,20). The number of rotatable bonds is 3. The predicted octanol–water partition coefficient (Wildman–Crippen LogP) is 2.71. The highest BCUT2D eigenvalue weighted by molar-refractivity contribution is 5.79. The van der Waals surface area contributed by atoms with Gasteiger partial charge in [0.15, 0.2) is 0 Å². The van der Waals surface area contributed by atoms with Crippen molar-refractivity contribution in [3.63, 3.8) is 0 Å². The quantitative estimate of drug-likeness (QED) is 0.920. The lowest BCUT2D eigenvalue weighted by Crippen LogP contribution is -2.50. The summed E-state index contributed by atoms with van der Waals surface area (Å²) in [6.45, 7) is 1.71. The molecular weight excluding hydrogens is 255 g/mol. The summed E-state index contributed by atoms with van der Waals surface area (Å²) in [5, 5.41) is 3.16. The summed E-state index contributed by atoms with van der Waals surface area (Å²) in [7, 11) is 0. The number of amides is 1. The van der Waals surface area contributed by atoms with E-state index in [0.29, 0.717) is 0 Å². The van der Waals surface area contributed by atoms with E-state index < -0.39 is 0 Å². The number of hydrogen-bond acceptors (Lipinski definition) is 2. The number of nitrogens with zero attached hydrogens (tertiary/aromatic N) is 1. The molecule has 0 spiro atoms. The lowest BCUT2D eigenvalue weighted by Gasteiger charge is -2.36. The van der Waals surface area contributed by atoms with Crippen molar-refractivity contribution in [1.82, 2.24) is 5.32 Å². The summed E-state index contributed by atoms with van der Waals surface area (Å²) in [4.78, 5) is 14.2. The van der Waals surface area contributed by atoms with Crippen molar-refractivity contribution in [3.8, 4) is 0 Å². The van der Waals surface area contributed by atoms with E-state index in [9.17, 15) is 9.18 Å².